The van der Waals surface area contributed by atoms with Gasteiger partial charge in [0, 0.05) is 69.3 Å². The third-order valence-electron chi connectivity index (χ3n) is 8.96. The summed E-state index contributed by atoms with van der Waals surface area (Å²) in [4.78, 5) is 37.0. The molecular formula is C33H45N5O2. The lowest BCUT2D eigenvalue weighted by atomic mass is 9.94. The minimum absolute atomic E-state index is 0.0704. The molecule has 2 N–H and O–H groups in total. The van der Waals surface area contributed by atoms with E-state index in [4.69, 9.17) is 0 Å². The van der Waals surface area contributed by atoms with E-state index in [0.717, 1.165) is 54.3 Å². The molecule has 5 rings (SSSR count). The van der Waals surface area contributed by atoms with Gasteiger partial charge in [-0.1, -0.05) is 55.7 Å². The first-order chi connectivity index (χ1) is 19.4. The van der Waals surface area contributed by atoms with Crippen molar-refractivity contribution in [1.29, 1.82) is 0 Å². The van der Waals surface area contributed by atoms with E-state index in [1.807, 2.05) is 31.4 Å². The molecule has 1 saturated carbocycles. The summed E-state index contributed by atoms with van der Waals surface area (Å²) in [6, 6.07) is 14.5. The zero-order chi connectivity index (χ0) is 28.1. The number of piperazine rings is 1. The molecule has 2 amide bonds. The summed E-state index contributed by atoms with van der Waals surface area (Å²) in [5, 5.41) is 4.22. The minimum atomic E-state index is -0.633. The maximum atomic E-state index is 13.8. The highest BCUT2D eigenvalue weighted by atomic mass is 16.2. The summed E-state index contributed by atoms with van der Waals surface area (Å²) < 4.78 is 0. The third-order valence-corrected chi connectivity index (χ3v) is 8.96. The van der Waals surface area contributed by atoms with Crippen LogP contribution in [-0.2, 0) is 22.6 Å². The van der Waals surface area contributed by atoms with Crippen LogP contribution in [0.2, 0.25) is 0 Å². The van der Waals surface area contributed by atoms with Crippen LogP contribution in [0.15, 0.2) is 48.7 Å². The van der Waals surface area contributed by atoms with E-state index in [1.165, 1.54) is 43.2 Å². The van der Waals surface area contributed by atoms with E-state index in [2.05, 4.69) is 58.2 Å². The Morgan fingerprint density at radius 1 is 1.00 bits per heavy atom. The zero-order valence-electron chi connectivity index (χ0n) is 24.4. The Hall–Kier alpha value is -3.16. The molecule has 0 bridgehead atoms. The van der Waals surface area contributed by atoms with Crippen molar-refractivity contribution in [2.45, 2.75) is 71.0 Å². The smallest absolute Gasteiger partial charge is 0.245 e. The topological polar surface area (TPSA) is 71.7 Å². The molecule has 1 aliphatic carbocycles. The Bertz CT molecular complexity index is 1300. The lowest BCUT2D eigenvalue weighted by Crippen LogP contribution is -2.55. The van der Waals surface area contributed by atoms with E-state index < -0.39 is 6.04 Å². The number of H-pyrrole nitrogens is 1. The van der Waals surface area contributed by atoms with Crippen molar-refractivity contribution < 1.29 is 9.59 Å². The van der Waals surface area contributed by atoms with E-state index in [0.29, 0.717) is 19.5 Å². The number of para-hydroxylation sites is 1. The average Bonchev–Trinajstić information content (AvgIpc) is 3.38. The molecule has 1 saturated heterocycles. The molecule has 7 heteroatoms. The van der Waals surface area contributed by atoms with Crippen LogP contribution in [0, 0.1) is 13.8 Å². The molecule has 0 radical (unpaired) electrons. The van der Waals surface area contributed by atoms with Crippen molar-refractivity contribution in [1.82, 2.24) is 25.0 Å². The molecule has 2 aliphatic rings. The van der Waals surface area contributed by atoms with Gasteiger partial charge in [0.2, 0.25) is 11.8 Å². The number of likely N-dealkylation sites (N-methyl/N-ethyl adjacent to an activating group) is 1. The number of rotatable bonds is 9. The zero-order valence-corrected chi connectivity index (χ0v) is 24.4. The summed E-state index contributed by atoms with van der Waals surface area (Å²) in [6.45, 7) is 8.87. The predicted octanol–water partition coefficient (Wildman–Crippen LogP) is 4.42. The highest BCUT2D eigenvalue weighted by Gasteiger charge is 2.29. The van der Waals surface area contributed by atoms with Gasteiger partial charge in [-0.15, -0.1) is 0 Å². The number of fused-ring (bicyclic) bond motifs is 1. The molecule has 2 fully saturated rings. The van der Waals surface area contributed by atoms with Crippen LogP contribution in [0.5, 0.6) is 0 Å². The van der Waals surface area contributed by atoms with Crippen molar-refractivity contribution in [2.75, 3.05) is 39.8 Å². The van der Waals surface area contributed by atoms with Gasteiger partial charge in [-0.3, -0.25) is 19.4 Å². The molecule has 214 valence electrons. The second kappa shape index (κ2) is 13.0. The summed E-state index contributed by atoms with van der Waals surface area (Å²) >= 11 is 0. The summed E-state index contributed by atoms with van der Waals surface area (Å²) in [7, 11) is 1.83. The number of carbonyl (C=O) groups is 2. The number of hydrogen-bond donors (Lipinski definition) is 2. The van der Waals surface area contributed by atoms with Crippen LogP contribution < -0.4 is 5.32 Å². The number of nitrogens with zero attached hydrogens (tertiary/aromatic N) is 3. The Kier molecular flexibility index (Phi) is 9.22. The molecule has 1 aromatic heterocycles. The highest BCUT2D eigenvalue weighted by Crippen LogP contribution is 2.24. The van der Waals surface area contributed by atoms with E-state index in [1.54, 1.807) is 4.90 Å². The Balaban J connectivity index is 1.24. The van der Waals surface area contributed by atoms with E-state index in [9.17, 15) is 9.59 Å². The quantitative estimate of drug-likeness (QED) is 0.419. The number of carbonyl (C=O) groups excluding carboxylic acids is 2. The molecule has 2 heterocycles. The molecule has 1 unspecified atom stereocenters. The lowest BCUT2D eigenvalue weighted by molar-refractivity contribution is -0.136. The number of aromatic nitrogens is 1. The molecule has 7 nitrogen and oxygen atoms in total. The fraction of sp³-hybridized carbons (Fsp3) is 0.515. The Labute approximate surface area is 238 Å². The number of benzene rings is 2. The summed E-state index contributed by atoms with van der Waals surface area (Å²) in [5.41, 5.74) is 5.61. The van der Waals surface area contributed by atoms with E-state index >= 15 is 0 Å². The number of aryl methyl sites for hydroxylation is 2. The van der Waals surface area contributed by atoms with Crippen molar-refractivity contribution in [3.63, 3.8) is 0 Å². The van der Waals surface area contributed by atoms with Crippen LogP contribution in [-0.4, -0.2) is 83.4 Å². The van der Waals surface area contributed by atoms with Crippen molar-refractivity contribution >= 4 is 22.7 Å². The van der Waals surface area contributed by atoms with Gasteiger partial charge in [-0.05, 0) is 55.0 Å². The van der Waals surface area contributed by atoms with Crippen LogP contribution in [0.4, 0.5) is 0 Å². The molecular weight excluding hydrogens is 498 g/mol. The predicted molar refractivity (Wildman–Crippen MR) is 161 cm³/mol. The SMILES string of the molecule is Cc1ccc(CN(C)C(=O)C(Cc2c[nH]c3ccccc23)NC(=O)CN2CCN(C3CCCCC3)CC2)cc1C. The summed E-state index contributed by atoms with van der Waals surface area (Å²) in [5.74, 6) is -0.150. The first-order valence-corrected chi connectivity index (χ1v) is 15.0. The van der Waals surface area contributed by atoms with Gasteiger partial charge in [0.15, 0.2) is 0 Å². The monoisotopic (exact) mass is 543 g/mol. The van der Waals surface area contributed by atoms with Crippen molar-refractivity contribution in [2.24, 2.45) is 0 Å². The molecule has 0 spiro atoms. The Morgan fingerprint density at radius 2 is 1.75 bits per heavy atom. The fourth-order valence-corrected chi connectivity index (χ4v) is 6.42. The lowest BCUT2D eigenvalue weighted by Gasteiger charge is -2.40. The van der Waals surface area contributed by atoms with Gasteiger partial charge in [0.1, 0.15) is 6.04 Å². The van der Waals surface area contributed by atoms with Crippen LogP contribution in [0.1, 0.15) is 54.4 Å². The largest absolute Gasteiger partial charge is 0.361 e. The second-order valence-corrected chi connectivity index (χ2v) is 11.9. The normalized spacial score (nSPS) is 18.1. The van der Waals surface area contributed by atoms with Gasteiger partial charge < -0.3 is 15.2 Å². The number of nitrogens with one attached hydrogen (secondary N) is 2. The maximum Gasteiger partial charge on any atom is 0.245 e. The standard InChI is InChI=1S/C33H45N5O2/c1-24-13-14-26(19-25(24)2)22-36(3)33(40)31(20-27-21-34-30-12-8-7-11-29(27)30)35-32(39)23-37-15-17-38(18-16-37)28-9-5-4-6-10-28/h7-8,11-14,19,21,28,31,34H,4-6,9-10,15-18,20,22-23H2,1-3H3,(H,35,39). The molecule has 1 aliphatic heterocycles. The van der Waals surface area contributed by atoms with Gasteiger partial charge in [0.25, 0.3) is 0 Å². The number of hydrogen-bond acceptors (Lipinski definition) is 4. The highest BCUT2D eigenvalue weighted by molar-refractivity contribution is 5.90. The first kappa shape index (κ1) is 28.4. The van der Waals surface area contributed by atoms with E-state index in [-0.39, 0.29) is 11.8 Å². The first-order valence-electron chi connectivity index (χ1n) is 15.0. The molecule has 3 aromatic rings. The van der Waals surface area contributed by atoms with Gasteiger partial charge >= 0.3 is 0 Å². The van der Waals surface area contributed by atoms with Crippen LogP contribution in [0.3, 0.4) is 0 Å². The third kappa shape index (κ3) is 6.94. The average molecular weight is 544 g/mol. The van der Waals surface area contributed by atoms with Crippen molar-refractivity contribution in [3.8, 4) is 0 Å². The molecule has 40 heavy (non-hydrogen) atoms. The van der Waals surface area contributed by atoms with Crippen molar-refractivity contribution in [3.05, 3.63) is 70.9 Å². The molecule has 2 aromatic carbocycles. The van der Waals surface area contributed by atoms with Gasteiger partial charge in [0.05, 0.1) is 6.54 Å². The van der Waals surface area contributed by atoms with Crippen LogP contribution in [0.25, 0.3) is 10.9 Å². The van der Waals surface area contributed by atoms with Gasteiger partial charge in [-0.2, -0.15) is 0 Å². The fourth-order valence-electron chi connectivity index (χ4n) is 6.42. The van der Waals surface area contributed by atoms with Crippen LogP contribution >= 0.6 is 0 Å². The Morgan fingerprint density at radius 3 is 2.50 bits per heavy atom. The second-order valence-electron chi connectivity index (χ2n) is 11.9. The number of aromatic amines is 1. The summed E-state index contributed by atoms with van der Waals surface area (Å²) in [6.07, 6.45) is 9.09. The molecule has 1 atom stereocenters. The van der Waals surface area contributed by atoms with Gasteiger partial charge in [-0.25, -0.2) is 0 Å². The minimum Gasteiger partial charge on any atom is -0.361 e. The number of amides is 2. The maximum absolute atomic E-state index is 13.8.